The van der Waals surface area contributed by atoms with Gasteiger partial charge in [0.25, 0.3) is 0 Å². The van der Waals surface area contributed by atoms with Crippen molar-refractivity contribution in [3.05, 3.63) is 48.0 Å². The third kappa shape index (κ3) is 2.35. The van der Waals surface area contributed by atoms with Gasteiger partial charge in [-0.1, -0.05) is 17.7 Å². The molecule has 0 saturated carbocycles. The molecule has 4 rings (SSSR count). The van der Waals surface area contributed by atoms with Crippen molar-refractivity contribution in [2.45, 2.75) is 0 Å². The van der Waals surface area contributed by atoms with Crippen LogP contribution in [0, 0.1) is 0 Å². The number of benzene rings is 1. The van der Waals surface area contributed by atoms with Crippen molar-refractivity contribution in [1.29, 1.82) is 0 Å². The van der Waals surface area contributed by atoms with E-state index in [-0.39, 0.29) is 0 Å². The molecule has 0 bridgehead atoms. The van der Waals surface area contributed by atoms with Gasteiger partial charge in [-0.25, -0.2) is 4.98 Å². The van der Waals surface area contributed by atoms with E-state index >= 15 is 0 Å². The molecule has 0 N–H and O–H groups in total. The first-order valence-corrected chi connectivity index (χ1v) is 7.59. The lowest BCUT2D eigenvalue weighted by Crippen LogP contribution is -2.47. The number of rotatable bonds is 2. The molecule has 1 aliphatic heterocycles. The fraction of sp³-hybridized carbons (Fsp3) is 0.267. The summed E-state index contributed by atoms with van der Waals surface area (Å²) in [4.78, 5) is 9.07. The number of anilines is 2. The topological polar surface area (TPSA) is 49.6 Å². The minimum absolute atomic E-state index is 0.773. The van der Waals surface area contributed by atoms with Gasteiger partial charge >= 0.3 is 0 Å². The normalized spacial score (nSPS) is 15.5. The van der Waals surface area contributed by atoms with Gasteiger partial charge in [0, 0.05) is 49.3 Å². The van der Waals surface area contributed by atoms with Gasteiger partial charge in [-0.3, -0.25) is 4.40 Å². The Morgan fingerprint density at radius 3 is 2.68 bits per heavy atom. The molecule has 7 heteroatoms. The van der Waals surface area contributed by atoms with Crippen LogP contribution < -0.4 is 9.80 Å². The van der Waals surface area contributed by atoms with E-state index in [2.05, 4.69) is 31.0 Å². The van der Waals surface area contributed by atoms with Crippen LogP contribution in [-0.2, 0) is 0 Å². The average molecular weight is 315 g/mol. The highest BCUT2D eigenvalue weighted by Crippen LogP contribution is 2.23. The number of aromatic nitrogens is 4. The van der Waals surface area contributed by atoms with E-state index in [1.807, 2.05) is 28.8 Å². The Kier molecular flexibility index (Phi) is 3.31. The predicted octanol–water partition coefficient (Wildman–Crippen LogP) is 2.10. The molecular formula is C15H15ClN6. The number of nitrogens with zero attached hydrogens (tertiary/aromatic N) is 6. The maximum absolute atomic E-state index is 6.08. The van der Waals surface area contributed by atoms with E-state index < -0.39 is 0 Å². The zero-order valence-electron chi connectivity index (χ0n) is 11.9. The molecule has 0 atom stereocenters. The lowest BCUT2D eigenvalue weighted by atomic mass is 10.2. The van der Waals surface area contributed by atoms with Crippen LogP contribution >= 0.6 is 11.6 Å². The summed E-state index contributed by atoms with van der Waals surface area (Å²) >= 11 is 6.08. The van der Waals surface area contributed by atoms with Gasteiger partial charge in [0.1, 0.15) is 6.33 Å². The second-order valence-electron chi connectivity index (χ2n) is 5.27. The molecule has 3 heterocycles. The Labute approximate surface area is 133 Å². The summed E-state index contributed by atoms with van der Waals surface area (Å²) in [5, 5.41) is 8.88. The molecule has 1 saturated heterocycles. The van der Waals surface area contributed by atoms with Gasteiger partial charge in [-0.2, -0.15) is 0 Å². The van der Waals surface area contributed by atoms with E-state index in [1.165, 1.54) is 5.69 Å². The van der Waals surface area contributed by atoms with Crippen molar-refractivity contribution >= 4 is 28.8 Å². The summed E-state index contributed by atoms with van der Waals surface area (Å²) < 4.78 is 1.89. The van der Waals surface area contributed by atoms with Gasteiger partial charge in [0.05, 0.1) is 0 Å². The Bertz CT molecular complexity index is 793. The molecule has 0 aliphatic carbocycles. The highest BCUT2D eigenvalue weighted by molar-refractivity contribution is 6.30. The molecule has 0 radical (unpaired) electrons. The summed E-state index contributed by atoms with van der Waals surface area (Å²) in [7, 11) is 0. The number of piperazine rings is 1. The Morgan fingerprint density at radius 1 is 1.05 bits per heavy atom. The van der Waals surface area contributed by atoms with E-state index in [0.29, 0.717) is 0 Å². The Hall–Kier alpha value is -2.34. The number of fused-ring (bicyclic) bond motifs is 1. The van der Waals surface area contributed by atoms with Crippen LogP contribution in [0.15, 0.2) is 43.0 Å². The standard InChI is InChI=1S/C15H15ClN6/c16-12-2-1-3-13(10-12)20-6-8-21(9-7-20)14-15-19-18-11-22(15)5-4-17-14/h1-5,10-11H,6-9H2. The summed E-state index contributed by atoms with van der Waals surface area (Å²) in [6.45, 7) is 3.65. The van der Waals surface area contributed by atoms with Crippen molar-refractivity contribution < 1.29 is 0 Å². The van der Waals surface area contributed by atoms with Crippen molar-refractivity contribution in [3.63, 3.8) is 0 Å². The van der Waals surface area contributed by atoms with Crippen LogP contribution in [0.2, 0.25) is 5.02 Å². The maximum Gasteiger partial charge on any atom is 0.203 e. The van der Waals surface area contributed by atoms with Gasteiger partial charge in [0.2, 0.25) is 5.65 Å². The Morgan fingerprint density at radius 2 is 1.86 bits per heavy atom. The van der Waals surface area contributed by atoms with E-state index in [0.717, 1.165) is 42.7 Å². The van der Waals surface area contributed by atoms with Crippen LogP contribution in [0.5, 0.6) is 0 Å². The van der Waals surface area contributed by atoms with Crippen LogP contribution in [-0.4, -0.2) is 45.8 Å². The molecule has 0 spiro atoms. The third-order valence-corrected chi connectivity index (χ3v) is 4.18. The molecule has 0 amide bonds. The van der Waals surface area contributed by atoms with Gasteiger partial charge in [-0.15, -0.1) is 10.2 Å². The highest BCUT2D eigenvalue weighted by atomic mass is 35.5. The lowest BCUT2D eigenvalue weighted by molar-refractivity contribution is 0.647. The number of hydrogen-bond donors (Lipinski definition) is 0. The molecule has 1 aliphatic rings. The van der Waals surface area contributed by atoms with Crippen molar-refractivity contribution in [2.24, 2.45) is 0 Å². The third-order valence-electron chi connectivity index (χ3n) is 3.95. The summed E-state index contributed by atoms with van der Waals surface area (Å²) in [5.41, 5.74) is 1.97. The number of halogens is 1. The van der Waals surface area contributed by atoms with Crippen molar-refractivity contribution in [3.8, 4) is 0 Å². The van der Waals surface area contributed by atoms with Gasteiger partial charge < -0.3 is 9.80 Å². The van der Waals surface area contributed by atoms with Crippen LogP contribution in [0.4, 0.5) is 11.5 Å². The quantitative estimate of drug-likeness (QED) is 0.725. The molecule has 0 unspecified atom stereocenters. The summed E-state index contributed by atoms with van der Waals surface area (Å²) in [6.07, 6.45) is 5.35. The minimum Gasteiger partial charge on any atom is -0.368 e. The van der Waals surface area contributed by atoms with Crippen molar-refractivity contribution in [1.82, 2.24) is 19.6 Å². The first kappa shape index (κ1) is 13.3. The maximum atomic E-state index is 6.08. The molecule has 6 nitrogen and oxygen atoms in total. The van der Waals surface area contributed by atoms with Crippen LogP contribution in [0.1, 0.15) is 0 Å². The Balaban J connectivity index is 1.53. The fourth-order valence-electron chi connectivity index (χ4n) is 2.82. The second-order valence-corrected chi connectivity index (χ2v) is 5.70. The molecule has 1 fully saturated rings. The molecule has 2 aromatic heterocycles. The SMILES string of the molecule is Clc1cccc(N2CCN(c3nccn4cnnc34)CC2)c1. The minimum atomic E-state index is 0.773. The van der Waals surface area contributed by atoms with Crippen LogP contribution in [0.25, 0.3) is 5.65 Å². The molecular weight excluding hydrogens is 300 g/mol. The second kappa shape index (κ2) is 5.46. The van der Waals surface area contributed by atoms with Crippen molar-refractivity contribution in [2.75, 3.05) is 36.0 Å². The summed E-state index contributed by atoms with van der Waals surface area (Å²) in [6, 6.07) is 7.99. The summed E-state index contributed by atoms with van der Waals surface area (Å²) in [5.74, 6) is 0.894. The monoisotopic (exact) mass is 314 g/mol. The molecule has 1 aromatic carbocycles. The smallest absolute Gasteiger partial charge is 0.203 e. The fourth-order valence-corrected chi connectivity index (χ4v) is 3.00. The lowest BCUT2D eigenvalue weighted by Gasteiger charge is -2.36. The highest BCUT2D eigenvalue weighted by Gasteiger charge is 2.21. The first-order chi connectivity index (χ1) is 10.8. The van der Waals surface area contributed by atoms with Gasteiger partial charge in [0.15, 0.2) is 5.82 Å². The van der Waals surface area contributed by atoms with E-state index in [4.69, 9.17) is 11.6 Å². The van der Waals surface area contributed by atoms with Gasteiger partial charge in [-0.05, 0) is 18.2 Å². The van der Waals surface area contributed by atoms with Crippen LogP contribution in [0.3, 0.4) is 0 Å². The van der Waals surface area contributed by atoms with E-state index in [1.54, 1.807) is 12.5 Å². The average Bonchev–Trinajstić information content (AvgIpc) is 3.04. The zero-order chi connectivity index (χ0) is 14.9. The predicted molar refractivity (Wildman–Crippen MR) is 86.7 cm³/mol. The zero-order valence-corrected chi connectivity index (χ0v) is 12.7. The molecule has 22 heavy (non-hydrogen) atoms. The number of hydrogen-bond acceptors (Lipinski definition) is 5. The first-order valence-electron chi connectivity index (χ1n) is 7.21. The molecule has 112 valence electrons. The van der Waals surface area contributed by atoms with E-state index in [9.17, 15) is 0 Å². The largest absolute Gasteiger partial charge is 0.368 e. The molecule has 3 aromatic rings.